The summed E-state index contributed by atoms with van der Waals surface area (Å²) in [6, 6.07) is 4.03. The Hall–Kier alpha value is -2.93. The molecular formula is C34H59N5O2. The average Bonchev–Trinajstić information content (AvgIpc) is 3.51. The molecule has 0 aromatic carbocycles. The molecule has 0 radical (unpaired) electrons. The molecule has 0 saturated carbocycles. The van der Waals surface area contributed by atoms with Crippen LogP contribution in [0, 0.1) is 5.92 Å². The Morgan fingerprint density at radius 3 is 2.37 bits per heavy atom. The Labute approximate surface area is 251 Å². The minimum Gasteiger partial charge on any atom is -0.459 e. The minimum atomic E-state index is -0.249. The molecule has 1 heterocycles. The van der Waals surface area contributed by atoms with E-state index in [0.29, 0.717) is 11.8 Å². The van der Waals surface area contributed by atoms with Crippen LogP contribution in [0.5, 0.6) is 0 Å². The molecule has 2 unspecified atom stereocenters. The van der Waals surface area contributed by atoms with Gasteiger partial charge in [0.25, 0.3) is 5.91 Å². The summed E-state index contributed by atoms with van der Waals surface area (Å²) in [7, 11) is 4.36. The Morgan fingerprint density at radius 1 is 1.10 bits per heavy atom. The number of nitrogens with one attached hydrogen (secondary N) is 2. The highest BCUT2D eigenvalue weighted by Crippen LogP contribution is 2.17. The lowest BCUT2D eigenvalue weighted by Crippen LogP contribution is -2.36. The molecule has 0 aliphatic rings. The molecule has 7 nitrogen and oxygen atoms in total. The van der Waals surface area contributed by atoms with Crippen LogP contribution in [0.2, 0.25) is 0 Å². The van der Waals surface area contributed by atoms with Gasteiger partial charge in [-0.1, -0.05) is 52.3 Å². The number of carbonyl (C=O) groups excluding carboxylic acids is 1. The van der Waals surface area contributed by atoms with Crippen molar-refractivity contribution in [3.63, 3.8) is 0 Å². The number of amides is 1. The highest BCUT2D eigenvalue weighted by molar-refractivity contribution is 5.92. The maximum Gasteiger partial charge on any atom is 0.291 e. The normalized spacial score (nSPS) is 14.4. The van der Waals surface area contributed by atoms with E-state index in [1.165, 1.54) is 36.8 Å². The van der Waals surface area contributed by atoms with Crippen molar-refractivity contribution in [1.82, 2.24) is 25.3 Å². The molecule has 2 atom stereocenters. The first kappa shape index (κ1) is 36.1. The first-order valence-electron chi connectivity index (χ1n) is 15.5. The van der Waals surface area contributed by atoms with Crippen LogP contribution >= 0.6 is 0 Å². The fourth-order valence-corrected chi connectivity index (χ4v) is 4.80. The number of allylic oxidation sites excluding steroid dienone is 5. The van der Waals surface area contributed by atoms with Crippen molar-refractivity contribution in [2.24, 2.45) is 5.92 Å². The molecule has 0 saturated heterocycles. The van der Waals surface area contributed by atoms with Crippen LogP contribution in [0.4, 0.5) is 0 Å². The summed E-state index contributed by atoms with van der Waals surface area (Å²) in [5.74, 6) is 0.173. The fraction of sp³-hybridized carbons (Fsp3) is 0.618. The number of nitrogens with zero attached hydrogens (tertiary/aromatic N) is 3. The summed E-state index contributed by atoms with van der Waals surface area (Å²) in [5.41, 5.74) is 5.48. The topological polar surface area (TPSA) is 64.0 Å². The molecule has 41 heavy (non-hydrogen) atoms. The molecule has 2 N–H and O–H groups in total. The molecule has 0 bridgehead atoms. The van der Waals surface area contributed by atoms with Gasteiger partial charge in [-0.3, -0.25) is 4.79 Å². The maximum atomic E-state index is 12.8. The van der Waals surface area contributed by atoms with E-state index in [-0.39, 0.29) is 11.8 Å². The third kappa shape index (κ3) is 12.2. The number of furan rings is 1. The lowest BCUT2D eigenvalue weighted by atomic mass is 10.1. The zero-order chi connectivity index (χ0) is 30.9. The molecule has 1 rings (SSSR count). The minimum absolute atomic E-state index is 0.125. The number of likely N-dealkylation sites (N-methyl/N-ethyl adjacent to an activating group) is 3. The zero-order valence-electron chi connectivity index (χ0n) is 27.8. The maximum absolute atomic E-state index is 12.8. The van der Waals surface area contributed by atoms with Crippen LogP contribution < -0.4 is 10.6 Å². The summed E-state index contributed by atoms with van der Waals surface area (Å²) >= 11 is 0. The molecule has 1 aromatic rings. The standard InChI is InChI=1S/C34H59N5O2/c1-12-17-31(14-3)38(11)22-21-35-28(7)27(6)19-20-32(29(8)36-34(40)33-18-16-25-41-33)39(15-4)24-23-37(10)30(9)26(5)13-2/h16,18-20,25,27,31,35H,7,12-15,17,21-24H2,1-6,8-11H3,(H,36,40)/b20-19-,30-26+,32-29-. The van der Waals surface area contributed by atoms with Gasteiger partial charge in [0.15, 0.2) is 5.76 Å². The Kier molecular flexibility index (Phi) is 16.9. The summed E-state index contributed by atoms with van der Waals surface area (Å²) in [6.07, 6.45) is 10.5. The van der Waals surface area contributed by atoms with E-state index in [1.54, 1.807) is 12.1 Å². The molecule has 1 amide bonds. The average molecular weight is 570 g/mol. The Balaban J connectivity index is 3.05. The molecule has 0 aliphatic carbocycles. The predicted molar refractivity (Wildman–Crippen MR) is 174 cm³/mol. The summed E-state index contributed by atoms with van der Waals surface area (Å²) < 4.78 is 5.32. The van der Waals surface area contributed by atoms with Gasteiger partial charge in [-0.2, -0.15) is 0 Å². The molecule has 0 fully saturated rings. The van der Waals surface area contributed by atoms with Crippen molar-refractivity contribution in [2.75, 3.05) is 46.8 Å². The number of carbonyl (C=O) groups is 1. The van der Waals surface area contributed by atoms with E-state index >= 15 is 0 Å². The van der Waals surface area contributed by atoms with E-state index in [1.807, 2.05) is 6.92 Å². The second kappa shape index (κ2) is 19.2. The van der Waals surface area contributed by atoms with Gasteiger partial charge in [0.05, 0.1) is 12.0 Å². The van der Waals surface area contributed by atoms with Crippen LogP contribution in [-0.2, 0) is 0 Å². The highest BCUT2D eigenvalue weighted by atomic mass is 16.3. The number of hydrogen-bond donors (Lipinski definition) is 2. The molecular weight excluding hydrogens is 510 g/mol. The summed E-state index contributed by atoms with van der Waals surface area (Å²) in [5, 5.41) is 6.59. The van der Waals surface area contributed by atoms with Crippen molar-refractivity contribution in [2.45, 2.75) is 87.1 Å². The molecule has 0 aliphatic heterocycles. The summed E-state index contributed by atoms with van der Waals surface area (Å²) in [6.45, 7) is 26.0. The van der Waals surface area contributed by atoms with Crippen LogP contribution in [-0.4, -0.2) is 73.5 Å². The van der Waals surface area contributed by atoms with Crippen LogP contribution in [0.3, 0.4) is 0 Å². The van der Waals surface area contributed by atoms with Gasteiger partial charge in [0.1, 0.15) is 0 Å². The molecule has 1 aromatic heterocycles. The van der Waals surface area contributed by atoms with Crippen molar-refractivity contribution in [3.05, 3.63) is 71.2 Å². The van der Waals surface area contributed by atoms with E-state index in [0.717, 1.165) is 56.2 Å². The highest BCUT2D eigenvalue weighted by Gasteiger charge is 2.16. The van der Waals surface area contributed by atoms with Gasteiger partial charge in [0.2, 0.25) is 0 Å². The smallest absolute Gasteiger partial charge is 0.291 e. The van der Waals surface area contributed by atoms with Gasteiger partial charge >= 0.3 is 0 Å². The van der Waals surface area contributed by atoms with Crippen LogP contribution in [0.25, 0.3) is 0 Å². The third-order valence-electron chi connectivity index (χ3n) is 8.20. The zero-order valence-corrected chi connectivity index (χ0v) is 27.8. The Bertz CT molecular complexity index is 1010. The van der Waals surface area contributed by atoms with Crippen molar-refractivity contribution in [3.8, 4) is 0 Å². The Morgan fingerprint density at radius 2 is 1.80 bits per heavy atom. The molecule has 7 heteroatoms. The lowest BCUT2D eigenvalue weighted by molar-refractivity contribution is 0.0937. The van der Waals surface area contributed by atoms with Crippen molar-refractivity contribution < 1.29 is 9.21 Å². The fourth-order valence-electron chi connectivity index (χ4n) is 4.80. The number of hydrogen-bond acceptors (Lipinski definition) is 6. The second-order valence-corrected chi connectivity index (χ2v) is 11.1. The van der Waals surface area contributed by atoms with Crippen LogP contribution in [0.15, 0.2) is 69.9 Å². The SMILES string of the molecule is C=C(NCCN(C)C(CC)CCC)C(C)/C=C\C(=C(/C)NC(=O)c1ccco1)N(CC)CCN(C)/C(C)=C(\C)CC. The first-order valence-corrected chi connectivity index (χ1v) is 15.5. The molecule has 0 spiro atoms. The van der Waals surface area contributed by atoms with Gasteiger partial charge in [0, 0.05) is 68.8 Å². The second-order valence-electron chi connectivity index (χ2n) is 11.1. The monoisotopic (exact) mass is 569 g/mol. The quantitative estimate of drug-likeness (QED) is 0.165. The lowest BCUT2D eigenvalue weighted by Gasteiger charge is -2.30. The van der Waals surface area contributed by atoms with Crippen molar-refractivity contribution >= 4 is 5.91 Å². The number of rotatable bonds is 20. The molecule has 232 valence electrons. The van der Waals surface area contributed by atoms with E-state index < -0.39 is 0 Å². The van der Waals surface area contributed by atoms with Gasteiger partial charge in [-0.25, -0.2) is 0 Å². The van der Waals surface area contributed by atoms with E-state index in [9.17, 15) is 4.79 Å². The first-order chi connectivity index (χ1) is 19.5. The van der Waals surface area contributed by atoms with Crippen LogP contribution in [0.1, 0.15) is 91.6 Å². The summed E-state index contributed by atoms with van der Waals surface area (Å²) in [4.78, 5) is 19.9. The van der Waals surface area contributed by atoms with Gasteiger partial charge in [-0.05, 0) is 72.2 Å². The van der Waals surface area contributed by atoms with E-state index in [2.05, 4.69) is 107 Å². The van der Waals surface area contributed by atoms with Crippen molar-refractivity contribution in [1.29, 1.82) is 0 Å². The van der Waals surface area contributed by atoms with E-state index in [4.69, 9.17) is 4.42 Å². The largest absolute Gasteiger partial charge is 0.459 e. The van der Waals surface area contributed by atoms with Gasteiger partial charge in [-0.15, -0.1) is 0 Å². The predicted octanol–water partition coefficient (Wildman–Crippen LogP) is 7.00. The third-order valence-corrected chi connectivity index (χ3v) is 8.20. The van der Waals surface area contributed by atoms with Gasteiger partial charge < -0.3 is 29.8 Å².